The molecule has 0 radical (unpaired) electrons. The Labute approximate surface area is 112 Å². The average Bonchev–Trinajstić information content (AvgIpc) is 3.09. The molecule has 19 heavy (non-hydrogen) atoms. The number of nitrogens with one attached hydrogen (secondary N) is 1. The summed E-state index contributed by atoms with van der Waals surface area (Å²) in [5.41, 5.74) is 5.16. The lowest BCUT2D eigenvalue weighted by atomic mass is 10.2. The summed E-state index contributed by atoms with van der Waals surface area (Å²) in [7, 11) is 0. The summed E-state index contributed by atoms with van der Waals surface area (Å²) in [6.07, 6.45) is 1.53. The first-order valence-electron chi connectivity index (χ1n) is 5.44. The maximum atomic E-state index is 11.6. The van der Waals surface area contributed by atoms with Gasteiger partial charge < -0.3 is 9.47 Å². The molecule has 0 aliphatic carbocycles. The molecule has 1 amide bonds. The van der Waals surface area contributed by atoms with Crippen molar-refractivity contribution in [2.24, 2.45) is 5.10 Å². The van der Waals surface area contributed by atoms with Gasteiger partial charge in [0.2, 0.25) is 6.79 Å². The van der Waals surface area contributed by atoms with Crippen LogP contribution >= 0.6 is 11.3 Å². The topological polar surface area (TPSA) is 72.8 Å². The van der Waals surface area contributed by atoms with Crippen molar-refractivity contribution >= 4 is 23.5 Å². The number of ether oxygens (including phenoxy) is 2. The van der Waals surface area contributed by atoms with Crippen molar-refractivity contribution in [2.75, 3.05) is 6.79 Å². The molecule has 1 aliphatic rings. The lowest BCUT2D eigenvalue weighted by molar-refractivity contribution is 0.0951. The van der Waals surface area contributed by atoms with Crippen LogP contribution in [0.15, 0.2) is 34.2 Å². The van der Waals surface area contributed by atoms with Crippen LogP contribution in [0.1, 0.15) is 16.1 Å². The van der Waals surface area contributed by atoms with Crippen molar-refractivity contribution in [3.05, 3.63) is 40.3 Å². The quantitative estimate of drug-likeness (QED) is 0.682. The van der Waals surface area contributed by atoms with E-state index in [0.29, 0.717) is 17.2 Å². The van der Waals surface area contributed by atoms with Gasteiger partial charge in [-0.25, -0.2) is 10.4 Å². The number of thiazole rings is 1. The summed E-state index contributed by atoms with van der Waals surface area (Å²) in [5.74, 6) is 1.05. The van der Waals surface area contributed by atoms with Crippen LogP contribution in [-0.2, 0) is 0 Å². The molecule has 1 aromatic carbocycles. The zero-order valence-electron chi connectivity index (χ0n) is 9.70. The fraction of sp³-hybridized carbons (Fsp3) is 0.0833. The van der Waals surface area contributed by atoms with Crippen molar-refractivity contribution in [3.8, 4) is 11.5 Å². The second kappa shape index (κ2) is 5.07. The molecule has 1 aromatic heterocycles. The van der Waals surface area contributed by atoms with Crippen molar-refractivity contribution in [1.29, 1.82) is 0 Å². The smallest absolute Gasteiger partial charge is 0.290 e. The summed E-state index contributed by atoms with van der Waals surface area (Å²) in [4.78, 5) is 15.4. The molecule has 2 aromatic rings. The van der Waals surface area contributed by atoms with Gasteiger partial charge in [-0.2, -0.15) is 5.10 Å². The van der Waals surface area contributed by atoms with E-state index in [1.165, 1.54) is 17.6 Å². The molecular weight excluding hydrogens is 266 g/mol. The molecule has 1 N–H and O–H groups in total. The number of amides is 1. The lowest BCUT2D eigenvalue weighted by Gasteiger charge is -1.98. The SMILES string of the molecule is O=C(N/N=C\c1ccc2c(c1)OCO2)c1cscn1. The molecule has 3 rings (SSSR count). The highest BCUT2D eigenvalue weighted by Crippen LogP contribution is 2.31. The molecule has 0 spiro atoms. The summed E-state index contributed by atoms with van der Waals surface area (Å²) >= 11 is 1.36. The van der Waals surface area contributed by atoms with Crippen molar-refractivity contribution in [2.45, 2.75) is 0 Å². The average molecular weight is 275 g/mol. The van der Waals surface area contributed by atoms with Gasteiger partial charge in [0.1, 0.15) is 5.69 Å². The normalized spacial score (nSPS) is 12.8. The van der Waals surface area contributed by atoms with Crippen LogP contribution in [0.4, 0.5) is 0 Å². The molecule has 0 fully saturated rings. The maximum absolute atomic E-state index is 11.6. The van der Waals surface area contributed by atoms with Gasteiger partial charge in [-0.1, -0.05) is 0 Å². The first kappa shape index (κ1) is 11.7. The molecule has 0 atom stereocenters. The van der Waals surface area contributed by atoms with Gasteiger partial charge in [0.15, 0.2) is 11.5 Å². The van der Waals surface area contributed by atoms with E-state index in [1.54, 1.807) is 23.0 Å². The minimum atomic E-state index is -0.335. The molecule has 96 valence electrons. The lowest BCUT2D eigenvalue weighted by Crippen LogP contribution is -2.17. The number of hydrogen-bond acceptors (Lipinski definition) is 6. The van der Waals surface area contributed by atoms with E-state index in [9.17, 15) is 4.79 Å². The van der Waals surface area contributed by atoms with Crippen LogP contribution in [-0.4, -0.2) is 23.9 Å². The van der Waals surface area contributed by atoms with Crippen LogP contribution in [0, 0.1) is 0 Å². The van der Waals surface area contributed by atoms with Gasteiger partial charge in [-0.05, 0) is 23.8 Å². The molecule has 0 bridgehead atoms. The Balaban J connectivity index is 1.65. The fourth-order valence-corrected chi connectivity index (χ4v) is 2.07. The largest absolute Gasteiger partial charge is 0.454 e. The van der Waals surface area contributed by atoms with Crippen LogP contribution in [0.2, 0.25) is 0 Å². The Bertz CT molecular complexity index is 625. The molecular formula is C12H9N3O3S. The second-order valence-corrected chi connectivity index (χ2v) is 4.40. The monoisotopic (exact) mass is 275 g/mol. The van der Waals surface area contributed by atoms with Crippen molar-refractivity contribution in [1.82, 2.24) is 10.4 Å². The fourth-order valence-electron chi connectivity index (χ4n) is 1.54. The third kappa shape index (κ3) is 2.55. The molecule has 0 saturated carbocycles. The Morgan fingerprint density at radius 3 is 3.16 bits per heavy atom. The third-order valence-corrected chi connectivity index (χ3v) is 3.03. The third-order valence-electron chi connectivity index (χ3n) is 2.44. The number of hydrogen-bond donors (Lipinski definition) is 1. The van der Waals surface area contributed by atoms with E-state index in [4.69, 9.17) is 9.47 Å². The van der Waals surface area contributed by atoms with E-state index in [1.807, 2.05) is 6.07 Å². The molecule has 0 unspecified atom stereocenters. The van der Waals surface area contributed by atoms with Crippen LogP contribution in [0.3, 0.4) is 0 Å². The van der Waals surface area contributed by atoms with Gasteiger partial charge in [0, 0.05) is 5.38 Å². The minimum Gasteiger partial charge on any atom is -0.454 e. The summed E-state index contributed by atoms with van der Waals surface area (Å²) < 4.78 is 10.4. The number of fused-ring (bicyclic) bond motifs is 1. The number of nitrogens with zero attached hydrogens (tertiary/aromatic N) is 2. The summed E-state index contributed by atoms with van der Waals surface area (Å²) in [6.45, 7) is 0.233. The van der Waals surface area contributed by atoms with Crippen LogP contribution in [0.25, 0.3) is 0 Å². The van der Waals surface area contributed by atoms with Crippen molar-refractivity contribution < 1.29 is 14.3 Å². The van der Waals surface area contributed by atoms with Crippen molar-refractivity contribution in [3.63, 3.8) is 0 Å². The highest BCUT2D eigenvalue weighted by molar-refractivity contribution is 7.07. The standard InChI is InChI=1S/C12H9N3O3S/c16-12(9-5-19-6-13-9)15-14-4-8-1-2-10-11(3-8)18-7-17-10/h1-6H,7H2,(H,15,16)/b14-4-. The first-order chi connectivity index (χ1) is 9.33. The number of carbonyl (C=O) groups excluding carboxylic acids is 1. The van der Waals surface area contributed by atoms with E-state index < -0.39 is 0 Å². The zero-order valence-corrected chi connectivity index (χ0v) is 10.5. The van der Waals surface area contributed by atoms with Gasteiger partial charge in [-0.3, -0.25) is 4.79 Å². The van der Waals surface area contributed by atoms with Crippen LogP contribution < -0.4 is 14.9 Å². The highest BCUT2D eigenvalue weighted by atomic mass is 32.1. The molecule has 6 nitrogen and oxygen atoms in total. The Morgan fingerprint density at radius 1 is 1.42 bits per heavy atom. The van der Waals surface area contributed by atoms with E-state index in [-0.39, 0.29) is 12.7 Å². The molecule has 7 heteroatoms. The Morgan fingerprint density at radius 2 is 2.32 bits per heavy atom. The predicted molar refractivity (Wildman–Crippen MR) is 69.7 cm³/mol. The van der Waals surface area contributed by atoms with Gasteiger partial charge in [0.25, 0.3) is 5.91 Å². The number of aromatic nitrogens is 1. The zero-order chi connectivity index (χ0) is 13.1. The second-order valence-electron chi connectivity index (χ2n) is 3.69. The molecule has 2 heterocycles. The Kier molecular flexibility index (Phi) is 3.11. The van der Waals surface area contributed by atoms with Gasteiger partial charge in [0.05, 0.1) is 11.7 Å². The van der Waals surface area contributed by atoms with E-state index in [0.717, 1.165) is 5.56 Å². The summed E-state index contributed by atoms with van der Waals surface area (Å²) in [5, 5.41) is 5.52. The van der Waals surface area contributed by atoms with Crippen LogP contribution in [0.5, 0.6) is 11.5 Å². The molecule has 0 saturated heterocycles. The number of rotatable bonds is 3. The van der Waals surface area contributed by atoms with E-state index in [2.05, 4.69) is 15.5 Å². The molecule has 1 aliphatic heterocycles. The summed E-state index contributed by atoms with van der Waals surface area (Å²) in [6, 6.07) is 5.42. The predicted octanol–water partition coefficient (Wildman–Crippen LogP) is 1.64. The van der Waals surface area contributed by atoms with E-state index >= 15 is 0 Å². The Hall–Kier alpha value is -2.41. The maximum Gasteiger partial charge on any atom is 0.290 e. The van der Waals surface area contributed by atoms with Gasteiger partial charge in [-0.15, -0.1) is 11.3 Å². The number of hydrazone groups is 1. The number of carbonyl (C=O) groups is 1. The minimum absolute atomic E-state index is 0.233. The highest BCUT2D eigenvalue weighted by Gasteiger charge is 2.12. The number of benzene rings is 1. The van der Waals surface area contributed by atoms with Gasteiger partial charge >= 0.3 is 0 Å². The first-order valence-corrected chi connectivity index (χ1v) is 6.38.